The molecule has 4 nitrogen and oxygen atoms in total. The third-order valence-electron chi connectivity index (χ3n) is 5.31. The summed E-state index contributed by atoms with van der Waals surface area (Å²) in [7, 11) is 0. The third-order valence-corrected chi connectivity index (χ3v) is 5.56. The number of likely N-dealkylation sites (tertiary alicyclic amines) is 2. The first kappa shape index (κ1) is 17.3. The van der Waals surface area contributed by atoms with E-state index in [1.54, 1.807) is 24.3 Å². The van der Waals surface area contributed by atoms with Gasteiger partial charge >= 0.3 is 0 Å². The van der Waals surface area contributed by atoms with Gasteiger partial charge in [-0.3, -0.25) is 9.59 Å². The molecule has 24 heavy (non-hydrogen) atoms. The maximum atomic E-state index is 12.8. The van der Waals surface area contributed by atoms with Crippen LogP contribution in [0, 0.1) is 5.92 Å². The molecule has 1 unspecified atom stereocenters. The number of carbonyl (C=O) groups excluding carboxylic acids is 2. The third kappa shape index (κ3) is 3.75. The molecule has 3 rings (SSSR count). The van der Waals surface area contributed by atoms with Gasteiger partial charge in [0.05, 0.1) is 0 Å². The van der Waals surface area contributed by atoms with Crippen LogP contribution < -0.4 is 0 Å². The standard InChI is InChI=1S/C19H25ClN2O2/c1-14-4-2-3-11-22(14)19(24)16-9-12-21(13-10-16)18(23)15-5-7-17(20)8-6-15/h5-8,14,16H,2-4,9-13H2,1H3. The summed E-state index contributed by atoms with van der Waals surface area (Å²) in [6, 6.07) is 7.36. The molecule has 1 atom stereocenters. The van der Waals surface area contributed by atoms with Crippen molar-refractivity contribution < 1.29 is 9.59 Å². The number of halogens is 1. The van der Waals surface area contributed by atoms with Crippen molar-refractivity contribution in [3.8, 4) is 0 Å². The van der Waals surface area contributed by atoms with Crippen molar-refractivity contribution in [3.63, 3.8) is 0 Å². The van der Waals surface area contributed by atoms with E-state index in [2.05, 4.69) is 11.8 Å². The topological polar surface area (TPSA) is 40.6 Å². The van der Waals surface area contributed by atoms with Gasteiger partial charge in [-0.2, -0.15) is 0 Å². The normalized spacial score (nSPS) is 22.5. The number of hydrogen-bond donors (Lipinski definition) is 0. The molecule has 2 heterocycles. The zero-order chi connectivity index (χ0) is 17.1. The van der Waals surface area contributed by atoms with Crippen molar-refractivity contribution in [1.29, 1.82) is 0 Å². The summed E-state index contributed by atoms with van der Waals surface area (Å²) in [5, 5.41) is 0.631. The lowest BCUT2D eigenvalue weighted by Crippen LogP contribution is -2.48. The minimum atomic E-state index is 0.0314. The molecule has 5 heteroatoms. The molecule has 2 fully saturated rings. The molecule has 2 aliphatic rings. The van der Waals surface area contributed by atoms with Gasteiger partial charge in [0, 0.05) is 42.2 Å². The van der Waals surface area contributed by atoms with Crippen LogP contribution in [0.4, 0.5) is 0 Å². The summed E-state index contributed by atoms with van der Waals surface area (Å²) in [6.07, 6.45) is 4.98. The van der Waals surface area contributed by atoms with E-state index < -0.39 is 0 Å². The van der Waals surface area contributed by atoms with Gasteiger partial charge in [-0.15, -0.1) is 0 Å². The van der Waals surface area contributed by atoms with E-state index in [9.17, 15) is 9.59 Å². The first-order valence-electron chi connectivity index (χ1n) is 8.91. The minimum absolute atomic E-state index is 0.0314. The van der Waals surface area contributed by atoms with Gasteiger partial charge in [0.25, 0.3) is 5.91 Å². The second kappa shape index (κ2) is 7.56. The van der Waals surface area contributed by atoms with Gasteiger partial charge in [-0.1, -0.05) is 11.6 Å². The molecular weight excluding hydrogens is 324 g/mol. The SMILES string of the molecule is CC1CCCCN1C(=O)C1CCN(C(=O)c2ccc(Cl)cc2)CC1. The van der Waals surface area contributed by atoms with Crippen molar-refractivity contribution in [3.05, 3.63) is 34.9 Å². The average molecular weight is 349 g/mol. The number of rotatable bonds is 2. The van der Waals surface area contributed by atoms with Gasteiger partial charge in [-0.05, 0) is 63.3 Å². The van der Waals surface area contributed by atoms with E-state index in [4.69, 9.17) is 11.6 Å². The van der Waals surface area contributed by atoms with Crippen molar-refractivity contribution in [2.75, 3.05) is 19.6 Å². The van der Waals surface area contributed by atoms with Crippen LogP contribution in [-0.4, -0.2) is 47.3 Å². The Labute approximate surface area is 148 Å². The van der Waals surface area contributed by atoms with Gasteiger partial charge in [-0.25, -0.2) is 0 Å². The van der Waals surface area contributed by atoms with Crippen molar-refractivity contribution in [2.24, 2.45) is 5.92 Å². The summed E-state index contributed by atoms with van der Waals surface area (Å²) >= 11 is 5.87. The molecular formula is C19H25ClN2O2. The highest BCUT2D eigenvalue weighted by atomic mass is 35.5. The van der Waals surface area contributed by atoms with E-state index in [0.717, 1.165) is 32.2 Å². The summed E-state index contributed by atoms with van der Waals surface area (Å²) in [6.45, 7) is 4.35. The highest BCUT2D eigenvalue weighted by molar-refractivity contribution is 6.30. The fourth-order valence-corrected chi connectivity index (χ4v) is 3.89. The van der Waals surface area contributed by atoms with Crippen molar-refractivity contribution >= 4 is 23.4 Å². The molecule has 2 saturated heterocycles. The lowest BCUT2D eigenvalue weighted by atomic mass is 9.92. The molecule has 0 bridgehead atoms. The molecule has 2 aliphatic heterocycles. The number of amides is 2. The monoisotopic (exact) mass is 348 g/mol. The Morgan fingerprint density at radius 3 is 2.29 bits per heavy atom. The Bertz CT molecular complexity index is 594. The Balaban J connectivity index is 1.56. The van der Waals surface area contributed by atoms with Crippen LogP contribution in [0.15, 0.2) is 24.3 Å². The van der Waals surface area contributed by atoms with E-state index in [0.29, 0.717) is 35.6 Å². The molecule has 0 aliphatic carbocycles. The van der Waals surface area contributed by atoms with Crippen LogP contribution >= 0.6 is 11.6 Å². The van der Waals surface area contributed by atoms with E-state index in [1.165, 1.54) is 6.42 Å². The minimum Gasteiger partial charge on any atom is -0.340 e. The number of piperidine rings is 2. The van der Waals surface area contributed by atoms with Crippen LogP contribution in [0.1, 0.15) is 49.4 Å². The predicted octanol–water partition coefficient (Wildman–Crippen LogP) is 3.59. The number of nitrogens with zero attached hydrogens (tertiary/aromatic N) is 2. The second-order valence-corrected chi connectivity index (χ2v) is 7.39. The molecule has 0 aromatic heterocycles. The lowest BCUT2D eigenvalue weighted by Gasteiger charge is -2.38. The van der Waals surface area contributed by atoms with Crippen molar-refractivity contribution in [1.82, 2.24) is 9.80 Å². The fourth-order valence-electron chi connectivity index (χ4n) is 3.76. The number of benzene rings is 1. The first-order valence-corrected chi connectivity index (χ1v) is 9.29. The summed E-state index contributed by atoms with van der Waals surface area (Å²) in [5.74, 6) is 0.393. The van der Waals surface area contributed by atoms with Gasteiger partial charge < -0.3 is 9.80 Å². The molecule has 130 valence electrons. The zero-order valence-electron chi connectivity index (χ0n) is 14.2. The Kier molecular flexibility index (Phi) is 5.44. The van der Waals surface area contributed by atoms with Crippen LogP contribution in [0.2, 0.25) is 5.02 Å². The van der Waals surface area contributed by atoms with Gasteiger partial charge in [0.2, 0.25) is 5.91 Å². The highest BCUT2D eigenvalue weighted by Crippen LogP contribution is 2.25. The number of carbonyl (C=O) groups is 2. The molecule has 2 amide bonds. The average Bonchev–Trinajstić information content (AvgIpc) is 2.62. The molecule has 0 N–H and O–H groups in total. The van der Waals surface area contributed by atoms with Gasteiger partial charge in [0.1, 0.15) is 0 Å². The van der Waals surface area contributed by atoms with Crippen LogP contribution in [-0.2, 0) is 4.79 Å². The first-order chi connectivity index (χ1) is 11.6. The lowest BCUT2D eigenvalue weighted by molar-refractivity contribution is -0.140. The Morgan fingerprint density at radius 1 is 1.00 bits per heavy atom. The molecule has 1 aromatic carbocycles. The van der Waals surface area contributed by atoms with E-state index in [1.807, 2.05) is 4.90 Å². The maximum absolute atomic E-state index is 12.8. The quantitative estimate of drug-likeness (QED) is 0.819. The largest absolute Gasteiger partial charge is 0.340 e. The second-order valence-electron chi connectivity index (χ2n) is 6.95. The van der Waals surface area contributed by atoms with Crippen LogP contribution in [0.25, 0.3) is 0 Å². The summed E-state index contributed by atoms with van der Waals surface area (Å²) in [4.78, 5) is 29.2. The van der Waals surface area contributed by atoms with E-state index >= 15 is 0 Å². The molecule has 0 spiro atoms. The van der Waals surface area contributed by atoms with E-state index in [-0.39, 0.29) is 11.8 Å². The fraction of sp³-hybridized carbons (Fsp3) is 0.579. The zero-order valence-corrected chi connectivity index (χ0v) is 15.0. The van der Waals surface area contributed by atoms with Crippen molar-refractivity contribution in [2.45, 2.75) is 45.1 Å². The van der Waals surface area contributed by atoms with Crippen LogP contribution in [0.3, 0.4) is 0 Å². The Hall–Kier alpha value is -1.55. The highest BCUT2D eigenvalue weighted by Gasteiger charge is 2.33. The van der Waals surface area contributed by atoms with Gasteiger partial charge in [0.15, 0.2) is 0 Å². The summed E-state index contributed by atoms with van der Waals surface area (Å²) in [5.41, 5.74) is 0.661. The molecule has 1 aromatic rings. The maximum Gasteiger partial charge on any atom is 0.253 e. The smallest absolute Gasteiger partial charge is 0.253 e. The van der Waals surface area contributed by atoms with Crippen LogP contribution in [0.5, 0.6) is 0 Å². The Morgan fingerprint density at radius 2 is 1.67 bits per heavy atom. The predicted molar refractivity (Wildman–Crippen MR) is 95.1 cm³/mol. The summed E-state index contributed by atoms with van der Waals surface area (Å²) < 4.78 is 0. The molecule has 0 radical (unpaired) electrons. The number of hydrogen-bond acceptors (Lipinski definition) is 2. The molecule has 0 saturated carbocycles.